The van der Waals surface area contributed by atoms with Crippen molar-refractivity contribution in [2.45, 2.75) is 38.8 Å². The summed E-state index contributed by atoms with van der Waals surface area (Å²) in [4.78, 5) is 4.73. The molecule has 1 aliphatic rings. The van der Waals surface area contributed by atoms with Crippen molar-refractivity contribution < 1.29 is 5.11 Å². The van der Waals surface area contributed by atoms with Gasteiger partial charge in [-0.3, -0.25) is 0 Å². The van der Waals surface area contributed by atoms with Crippen LogP contribution in [0.5, 0.6) is 0 Å². The molecular weight excluding hydrogens is 286 g/mol. The molecule has 0 radical (unpaired) electrons. The Hall–Kier alpha value is -2.33. The van der Waals surface area contributed by atoms with Crippen LogP contribution in [0.25, 0.3) is 5.65 Å². The molecule has 4 heteroatoms. The molecule has 2 N–H and O–H groups in total. The summed E-state index contributed by atoms with van der Waals surface area (Å²) in [5.41, 5.74) is 6.39. The van der Waals surface area contributed by atoms with Gasteiger partial charge < -0.3 is 14.8 Å². The second-order valence-electron chi connectivity index (χ2n) is 6.43. The fraction of sp³-hybridized carbons (Fsp3) is 0.316. The van der Waals surface area contributed by atoms with Crippen LogP contribution in [0.4, 0.5) is 5.69 Å². The van der Waals surface area contributed by atoms with Crippen molar-refractivity contribution in [1.29, 1.82) is 0 Å². The van der Waals surface area contributed by atoms with E-state index in [1.807, 2.05) is 25.1 Å². The van der Waals surface area contributed by atoms with Crippen LogP contribution in [-0.4, -0.2) is 20.6 Å². The first-order valence-electron chi connectivity index (χ1n) is 8.05. The summed E-state index contributed by atoms with van der Waals surface area (Å²) in [6, 6.07) is 12.1. The molecule has 1 aromatic carbocycles. The summed E-state index contributed by atoms with van der Waals surface area (Å²) in [7, 11) is 0. The Balaban J connectivity index is 1.90. The van der Waals surface area contributed by atoms with Crippen LogP contribution in [0.3, 0.4) is 0 Å². The highest BCUT2D eigenvalue weighted by Crippen LogP contribution is 2.42. The predicted molar refractivity (Wildman–Crippen MR) is 91.9 cm³/mol. The van der Waals surface area contributed by atoms with Crippen molar-refractivity contribution in [3.05, 3.63) is 65.1 Å². The lowest BCUT2D eigenvalue weighted by atomic mass is 9.83. The maximum Gasteiger partial charge on any atom is 0.161 e. The van der Waals surface area contributed by atoms with Crippen molar-refractivity contribution in [2.24, 2.45) is 0 Å². The Morgan fingerprint density at radius 3 is 2.61 bits per heavy atom. The van der Waals surface area contributed by atoms with Crippen molar-refractivity contribution in [1.82, 2.24) is 9.38 Å². The van der Waals surface area contributed by atoms with E-state index in [2.05, 4.69) is 48.0 Å². The first-order chi connectivity index (χ1) is 11.1. The van der Waals surface area contributed by atoms with Crippen LogP contribution in [0.1, 0.15) is 41.4 Å². The molecule has 0 saturated carbocycles. The molecule has 0 amide bonds. The van der Waals surface area contributed by atoms with Gasteiger partial charge in [-0.25, -0.2) is 4.98 Å². The third kappa shape index (κ3) is 2.05. The first-order valence-corrected chi connectivity index (χ1v) is 8.05. The number of aromatic nitrogens is 2. The molecule has 0 saturated heterocycles. The van der Waals surface area contributed by atoms with Gasteiger partial charge in [0.15, 0.2) is 5.65 Å². The van der Waals surface area contributed by atoms with Crippen LogP contribution < -0.4 is 5.32 Å². The van der Waals surface area contributed by atoms with E-state index in [0.717, 1.165) is 33.8 Å². The normalized spacial score (nSPS) is 23.6. The minimum atomic E-state index is -0.468. The standard InChI is InChI=1S/C19H21N3O/c1-11-15-9-10-22-13(3)12(2)20-19(22)17(15)21-16(18(11)23)14-7-5-4-6-8-14/h4-11,16,18,21,23H,1-3H3/t11-,16+,18-/m0/s1. The molecule has 3 heterocycles. The number of nitrogens with zero attached hydrogens (tertiary/aromatic N) is 2. The smallest absolute Gasteiger partial charge is 0.161 e. The van der Waals surface area contributed by atoms with Crippen molar-refractivity contribution >= 4 is 11.3 Å². The van der Waals surface area contributed by atoms with Gasteiger partial charge in [-0.15, -0.1) is 0 Å². The number of hydrogen-bond donors (Lipinski definition) is 2. The van der Waals surface area contributed by atoms with Gasteiger partial charge in [0.05, 0.1) is 23.5 Å². The molecule has 118 valence electrons. The minimum absolute atomic E-state index is 0.0544. The van der Waals surface area contributed by atoms with Crippen molar-refractivity contribution in [3.63, 3.8) is 0 Å². The zero-order valence-corrected chi connectivity index (χ0v) is 13.6. The lowest BCUT2D eigenvalue weighted by Gasteiger charge is -2.36. The molecule has 4 nitrogen and oxygen atoms in total. The van der Waals surface area contributed by atoms with Crippen LogP contribution in [-0.2, 0) is 0 Å². The van der Waals surface area contributed by atoms with Gasteiger partial charge in [-0.05, 0) is 31.0 Å². The molecule has 0 bridgehead atoms. The van der Waals surface area contributed by atoms with Crippen LogP contribution in [0.15, 0.2) is 42.6 Å². The van der Waals surface area contributed by atoms with Gasteiger partial charge in [0.25, 0.3) is 0 Å². The summed E-state index contributed by atoms with van der Waals surface area (Å²) in [5, 5.41) is 14.3. The SMILES string of the molecule is Cc1nc2c3c(ccn2c1C)[C@H](C)[C@H](O)[C@@H](c1ccccc1)N3. The third-order valence-electron chi connectivity index (χ3n) is 5.11. The van der Waals surface area contributed by atoms with E-state index in [9.17, 15) is 5.11 Å². The number of rotatable bonds is 1. The largest absolute Gasteiger partial charge is 0.390 e. The average Bonchev–Trinajstić information content (AvgIpc) is 2.86. The maximum atomic E-state index is 10.8. The lowest BCUT2D eigenvalue weighted by Crippen LogP contribution is -2.35. The van der Waals surface area contributed by atoms with E-state index in [1.54, 1.807) is 0 Å². The molecule has 3 atom stereocenters. The molecule has 0 fully saturated rings. The molecular formula is C19H21N3O. The quantitative estimate of drug-likeness (QED) is 0.722. The van der Waals surface area contributed by atoms with E-state index in [1.165, 1.54) is 0 Å². The summed E-state index contributed by atoms with van der Waals surface area (Å²) in [6.07, 6.45) is 1.58. The average molecular weight is 307 g/mol. The number of fused-ring (bicyclic) bond motifs is 3. The molecule has 0 aliphatic carbocycles. The predicted octanol–water partition coefficient (Wildman–Crippen LogP) is 3.58. The van der Waals surface area contributed by atoms with E-state index < -0.39 is 6.10 Å². The molecule has 4 rings (SSSR count). The Kier molecular flexibility index (Phi) is 3.16. The minimum Gasteiger partial charge on any atom is -0.390 e. The second-order valence-corrected chi connectivity index (χ2v) is 6.43. The van der Waals surface area contributed by atoms with E-state index in [-0.39, 0.29) is 12.0 Å². The number of hydrogen-bond acceptors (Lipinski definition) is 3. The second kappa shape index (κ2) is 5.10. The number of aliphatic hydroxyl groups excluding tert-OH is 1. The highest BCUT2D eigenvalue weighted by molar-refractivity contribution is 5.75. The number of pyridine rings is 1. The third-order valence-corrected chi connectivity index (χ3v) is 5.11. The Morgan fingerprint density at radius 1 is 1.13 bits per heavy atom. The maximum absolute atomic E-state index is 10.8. The highest BCUT2D eigenvalue weighted by atomic mass is 16.3. The number of nitrogens with one attached hydrogen (secondary N) is 1. The molecule has 1 aliphatic heterocycles. The van der Waals surface area contributed by atoms with Gasteiger partial charge in [-0.1, -0.05) is 37.3 Å². The monoisotopic (exact) mass is 307 g/mol. The van der Waals surface area contributed by atoms with Gasteiger partial charge in [0, 0.05) is 17.8 Å². The van der Waals surface area contributed by atoms with Gasteiger partial charge in [-0.2, -0.15) is 0 Å². The Bertz CT molecular complexity index is 869. The van der Waals surface area contributed by atoms with Gasteiger partial charge in [0.2, 0.25) is 0 Å². The number of imidazole rings is 1. The summed E-state index contributed by atoms with van der Waals surface area (Å²) < 4.78 is 2.12. The van der Waals surface area contributed by atoms with E-state index in [4.69, 9.17) is 4.98 Å². The number of anilines is 1. The van der Waals surface area contributed by atoms with Crippen molar-refractivity contribution in [3.8, 4) is 0 Å². The van der Waals surface area contributed by atoms with Crippen LogP contribution >= 0.6 is 0 Å². The summed E-state index contributed by atoms with van der Waals surface area (Å²) in [6.45, 7) is 6.20. The molecule has 0 spiro atoms. The Labute approximate surface area is 135 Å². The Morgan fingerprint density at radius 2 is 1.87 bits per heavy atom. The van der Waals surface area contributed by atoms with Crippen molar-refractivity contribution in [2.75, 3.05) is 5.32 Å². The summed E-state index contributed by atoms with van der Waals surface area (Å²) in [5.74, 6) is 0.0544. The molecule has 3 aromatic rings. The highest BCUT2D eigenvalue weighted by Gasteiger charge is 2.35. The number of aryl methyl sites for hydroxylation is 2. The van der Waals surface area contributed by atoms with Gasteiger partial charge >= 0.3 is 0 Å². The van der Waals surface area contributed by atoms with E-state index in [0.29, 0.717) is 0 Å². The van der Waals surface area contributed by atoms with Crippen LogP contribution in [0.2, 0.25) is 0 Å². The lowest BCUT2D eigenvalue weighted by molar-refractivity contribution is 0.123. The topological polar surface area (TPSA) is 49.6 Å². The molecule has 0 unspecified atom stereocenters. The first kappa shape index (κ1) is 14.3. The summed E-state index contributed by atoms with van der Waals surface area (Å²) >= 11 is 0. The fourth-order valence-electron chi connectivity index (χ4n) is 3.53. The zero-order chi connectivity index (χ0) is 16.1. The molecule has 23 heavy (non-hydrogen) atoms. The van der Waals surface area contributed by atoms with Crippen LogP contribution in [0, 0.1) is 13.8 Å². The molecule has 2 aromatic heterocycles. The number of benzene rings is 1. The zero-order valence-electron chi connectivity index (χ0n) is 13.6. The van der Waals surface area contributed by atoms with E-state index >= 15 is 0 Å². The number of aliphatic hydroxyl groups is 1. The van der Waals surface area contributed by atoms with Gasteiger partial charge in [0.1, 0.15) is 0 Å². The fourth-order valence-corrected chi connectivity index (χ4v) is 3.53.